The van der Waals surface area contributed by atoms with E-state index in [0.29, 0.717) is 23.7 Å². The van der Waals surface area contributed by atoms with Crippen molar-refractivity contribution in [3.8, 4) is 17.0 Å². The second kappa shape index (κ2) is 3.96. The molecule has 2 aromatic rings. The summed E-state index contributed by atoms with van der Waals surface area (Å²) in [5, 5.41) is 3.85. The minimum atomic E-state index is 0.367. The number of aromatic nitrogens is 1. The van der Waals surface area contributed by atoms with Crippen LogP contribution in [-0.2, 0) is 4.79 Å². The molecule has 0 spiro atoms. The van der Waals surface area contributed by atoms with Gasteiger partial charge in [0, 0.05) is 12.5 Å². The van der Waals surface area contributed by atoms with Gasteiger partial charge in [0.05, 0.1) is 0 Å². The van der Waals surface area contributed by atoms with Gasteiger partial charge in [0.15, 0.2) is 11.5 Å². The Kier molecular flexibility index (Phi) is 2.49. The zero-order valence-electron chi connectivity index (χ0n) is 8.14. The van der Waals surface area contributed by atoms with E-state index < -0.39 is 0 Å². The summed E-state index contributed by atoms with van der Waals surface area (Å²) in [4.78, 5) is 10.3. The third-order valence-electron chi connectivity index (χ3n) is 2.02. The highest BCUT2D eigenvalue weighted by molar-refractivity contribution is 5.68. The van der Waals surface area contributed by atoms with Crippen LogP contribution in [0, 0.1) is 6.92 Å². The molecular weight excluding hydrogens is 194 g/mol. The Morgan fingerprint density at radius 2 is 2.07 bits per heavy atom. The zero-order valence-corrected chi connectivity index (χ0v) is 8.14. The van der Waals surface area contributed by atoms with Crippen LogP contribution in [0.25, 0.3) is 11.3 Å². The molecule has 4 nitrogen and oxygen atoms in total. The molecule has 2 rings (SSSR count). The average molecular weight is 203 g/mol. The van der Waals surface area contributed by atoms with Crippen LogP contribution in [0.1, 0.15) is 5.76 Å². The Bertz CT molecular complexity index is 462. The molecule has 76 valence electrons. The van der Waals surface area contributed by atoms with E-state index in [1.165, 1.54) is 0 Å². The van der Waals surface area contributed by atoms with Crippen molar-refractivity contribution in [1.29, 1.82) is 0 Å². The normalized spacial score (nSPS) is 9.93. The third-order valence-corrected chi connectivity index (χ3v) is 2.02. The van der Waals surface area contributed by atoms with Crippen LogP contribution in [0.15, 0.2) is 34.9 Å². The zero-order chi connectivity index (χ0) is 10.7. The Labute approximate surface area is 86.5 Å². The lowest BCUT2D eigenvalue weighted by Crippen LogP contribution is -1.90. The topological polar surface area (TPSA) is 52.3 Å². The standard InChI is InChI=1S/C11H9NO3/c1-8-11(14-7-13)10(12-15-8)9-5-3-2-4-6-9/h2-7H,1H3. The van der Waals surface area contributed by atoms with Crippen LogP contribution in [-0.4, -0.2) is 11.6 Å². The van der Waals surface area contributed by atoms with Gasteiger partial charge in [-0.05, 0) is 0 Å². The van der Waals surface area contributed by atoms with Gasteiger partial charge in [-0.2, -0.15) is 0 Å². The molecule has 0 fully saturated rings. The number of hydrogen-bond donors (Lipinski definition) is 0. The fourth-order valence-electron chi connectivity index (χ4n) is 1.33. The molecule has 1 aromatic carbocycles. The van der Waals surface area contributed by atoms with E-state index in [0.717, 1.165) is 5.56 Å². The molecule has 4 heteroatoms. The van der Waals surface area contributed by atoms with E-state index in [1.807, 2.05) is 30.3 Å². The Morgan fingerprint density at radius 3 is 2.73 bits per heavy atom. The van der Waals surface area contributed by atoms with E-state index in [1.54, 1.807) is 6.92 Å². The fourth-order valence-corrected chi connectivity index (χ4v) is 1.33. The van der Waals surface area contributed by atoms with Crippen LogP contribution >= 0.6 is 0 Å². The summed E-state index contributed by atoms with van der Waals surface area (Å²) in [6.07, 6.45) is 0. The lowest BCUT2D eigenvalue weighted by atomic mass is 10.1. The summed E-state index contributed by atoms with van der Waals surface area (Å²) >= 11 is 0. The van der Waals surface area contributed by atoms with E-state index >= 15 is 0 Å². The molecule has 0 aliphatic carbocycles. The highest BCUT2D eigenvalue weighted by Gasteiger charge is 2.15. The van der Waals surface area contributed by atoms with Gasteiger partial charge in [-0.1, -0.05) is 35.5 Å². The molecular formula is C11H9NO3. The van der Waals surface area contributed by atoms with Crippen LogP contribution in [0.5, 0.6) is 5.75 Å². The maximum Gasteiger partial charge on any atom is 0.298 e. The minimum absolute atomic E-state index is 0.367. The summed E-state index contributed by atoms with van der Waals surface area (Å²) < 4.78 is 9.79. The number of hydrogen-bond acceptors (Lipinski definition) is 4. The lowest BCUT2D eigenvalue weighted by molar-refractivity contribution is -0.120. The maximum absolute atomic E-state index is 10.3. The summed E-state index contributed by atoms with van der Waals surface area (Å²) in [6.45, 7) is 2.06. The van der Waals surface area contributed by atoms with Crippen LogP contribution < -0.4 is 4.74 Å². The van der Waals surface area contributed by atoms with Crippen LogP contribution in [0.3, 0.4) is 0 Å². The van der Waals surface area contributed by atoms with Crippen molar-refractivity contribution in [1.82, 2.24) is 5.16 Å². The summed E-state index contributed by atoms with van der Waals surface area (Å²) in [5.41, 5.74) is 1.39. The molecule has 15 heavy (non-hydrogen) atoms. The summed E-state index contributed by atoms with van der Waals surface area (Å²) in [6, 6.07) is 9.40. The Hall–Kier alpha value is -2.10. The van der Waals surface area contributed by atoms with Crippen molar-refractivity contribution in [2.75, 3.05) is 0 Å². The number of nitrogens with zero attached hydrogens (tertiary/aromatic N) is 1. The summed E-state index contributed by atoms with van der Waals surface area (Å²) in [5.74, 6) is 0.858. The smallest absolute Gasteiger partial charge is 0.298 e. The number of benzene rings is 1. The molecule has 0 radical (unpaired) electrons. The maximum atomic E-state index is 10.3. The van der Waals surface area contributed by atoms with Gasteiger partial charge in [0.25, 0.3) is 6.47 Å². The predicted octanol–water partition coefficient (Wildman–Crippen LogP) is 2.19. The second-order valence-electron chi connectivity index (χ2n) is 3.00. The second-order valence-corrected chi connectivity index (χ2v) is 3.00. The van der Waals surface area contributed by atoms with Crippen molar-refractivity contribution in [3.05, 3.63) is 36.1 Å². The molecule has 1 aromatic heterocycles. The molecule has 0 amide bonds. The largest absolute Gasteiger partial charge is 0.423 e. The Balaban J connectivity index is 2.49. The van der Waals surface area contributed by atoms with Gasteiger partial charge in [-0.25, -0.2) is 0 Å². The summed E-state index contributed by atoms with van der Waals surface area (Å²) in [7, 11) is 0. The highest BCUT2D eigenvalue weighted by atomic mass is 16.5. The quantitative estimate of drug-likeness (QED) is 0.717. The van der Waals surface area contributed by atoms with Crippen LogP contribution in [0.2, 0.25) is 0 Å². The molecule has 0 bridgehead atoms. The molecule has 0 atom stereocenters. The number of aryl methyl sites for hydroxylation is 1. The lowest BCUT2D eigenvalue weighted by Gasteiger charge is -1.98. The minimum Gasteiger partial charge on any atom is -0.423 e. The van der Waals surface area contributed by atoms with Crippen molar-refractivity contribution >= 4 is 6.47 Å². The van der Waals surface area contributed by atoms with Gasteiger partial charge in [-0.3, -0.25) is 4.79 Å². The highest BCUT2D eigenvalue weighted by Crippen LogP contribution is 2.31. The third kappa shape index (κ3) is 1.74. The average Bonchev–Trinajstić information content (AvgIpc) is 2.63. The first-order valence-corrected chi connectivity index (χ1v) is 4.45. The molecule has 1 heterocycles. The SMILES string of the molecule is Cc1onc(-c2ccccc2)c1OC=O. The number of carbonyl (C=O) groups excluding carboxylic acids is 1. The van der Waals surface area contributed by atoms with E-state index in [-0.39, 0.29) is 0 Å². The van der Waals surface area contributed by atoms with Crippen LogP contribution in [0.4, 0.5) is 0 Å². The van der Waals surface area contributed by atoms with Crippen molar-refractivity contribution in [3.63, 3.8) is 0 Å². The van der Waals surface area contributed by atoms with E-state index in [9.17, 15) is 4.79 Å². The van der Waals surface area contributed by atoms with Gasteiger partial charge < -0.3 is 9.26 Å². The van der Waals surface area contributed by atoms with Gasteiger partial charge >= 0.3 is 0 Å². The molecule has 0 aliphatic rings. The first-order chi connectivity index (χ1) is 7.33. The number of rotatable bonds is 3. The van der Waals surface area contributed by atoms with E-state index in [4.69, 9.17) is 9.26 Å². The molecule has 0 saturated carbocycles. The van der Waals surface area contributed by atoms with Gasteiger partial charge in [0.1, 0.15) is 0 Å². The van der Waals surface area contributed by atoms with Gasteiger partial charge in [0.2, 0.25) is 5.75 Å². The first-order valence-electron chi connectivity index (χ1n) is 4.45. The predicted molar refractivity (Wildman–Crippen MR) is 53.4 cm³/mol. The van der Waals surface area contributed by atoms with E-state index in [2.05, 4.69) is 5.16 Å². The monoisotopic (exact) mass is 203 g/mol. The molecule has 0 N–H and O–H groups in total. The number of carbonyl (C=O) groups is 1. The Morgan fingerprint density at radius 1 is 1.33 bits per heavy atom. The number of ether oxygens (including phenoxy) is 1. The van der Waals surface area contributed by atoms with Crippen molar-refractivity contribution in [2.45, 2.75) is 6.92 Å². The molecule has 0 saturated heterocycles. The fraction of sp³-hybridized carbons (Fsp3) is 0.0909. The van der Waals surface area contributed by atoms with Gasteiger partial charge in [-0.15, -0.1) is 0 Å². The van der Waals surface area contributed by atoms with Crippen molar-refractivity contribution in [2.24, 2.45) is 0 Å². The first kappa shape index (κ1) is 9.45. The molecule has 0 aliphatic heterocycles. The molecule has 0 unspecified atom stereocenters. The van der Waals surface area contributed by atoms with Crippen molar-refractivity contribution < 1.29 is 14.1 Å².